The minimum atomic E-state index is 0.190. The number of likely N-dealkylation sites (N-methyl/N-ethyl adjacent to an activating group) is 1. The second-order valence-corrected chi connectivity index (χ2v) is 6.87. The zero-order valence-corrected chi connectivity index (χ0v) is 14.3. The molecule has 0 heterocycles. The van der Waals surface area contributed by atoms with E-state index in [0.29, 0.717) is 12.3 Å². The smallest absolute Gasteiger partial charge is 0.220 e. The summed E-state index contributed by atoms with van der Waals surface area (Å²) in [6.45, 7) is 3.73. The highest BCUT2D eigenvalue weighted by molar-refractivity contribution is 5.75. The molecule has 1 atom stereocenters. The van der Waals surface area contributed by atoms with Crippen molar-refractivity contribution in [1.29, 1.82) is 0 Å². The van der Waals surface area contributed by atoms with Crippen LogP contribution in [-0.4, -0.2) is 43.5 Å². The van der Waals surface area contributed by atoms with Crippen molar-refractivity contribution in [2.75, 3.05) is 27.2 Å². The first-order valence-electron chi connectivity index (χ1n) is 8.68. The van der Waals surface area contributed by atoms with Crippen molar-refractivity contribution in [3.8, 4) is 0 Å². The number of carbonyl (C=O) groups excluding carboxylic acids is 1. The van der Waals surface area contributed by atoms with Crippen LogP contribution in [0.15, 0.2) is 0 Å². The molecule has 0 aromatic carbocycles. The highest BCUT2D eigenvalue weighted by Gasteiger charge is 2.35. The first-order chi connectivity index (χ1) is 10.0. The number of carbonyl (C=O) groups is 1. The van der Waals surface area contributed by atoms with Crippen molar-refractivity contribution in [2.45, 2.75) is 70.3 Å². The van der Waals surface area contributed by atoms with Gasteiger partial charge in [-0.15, -0.1) is 0 Å². The van der Waals surface area contributed by atoms with E-state index in [0.717, 1.165) is 25.9 Å². The third-order valence-corrected chi connectivity index (χ3v) is 5.15. The summed E-state index contributed by atoms with van der Waals surface area (Å²) in [5, 5.41) is 3.17. The van der Waals surface area contributed by atoms with Crippen molar-refractivity contribution in [3.63, 3.8) is 0 Å². The van der Waals surface area contributed by atoms with E-state index in [1.54, 1.807) is 0 Å². The van der Waals surface area contributed by atoms with Crippen LogP contribution in [0.2, 0.25) is 0 Å². The Morgan fingerprint density at radius 3 is 2.43 bits per heavy atom. The van der Waals surface area contributed by atoms with Crippen molar-refractivity contribution in [2.24, 2.45) is 11.7 Å². The number of nitrogens with one attached hydrogen (secondary N) is 1. The Labute approximate surface area is 130 Å². The fourth-order valence-corrected chi connectivity index (χ4v) is 3.58. The molecule has 1 rings (SSSR count). The van der Waals surface area contributed by atoms with E-state index in [4.69, 9.17) is 5.73 Å². The molecular formula is C17H35N3O. The molecule has 21 heavy (non-hydrogen) atoms. The van der Waals surface area contributed by atoms with E-state index in [1.165, 1.54) is 38.5 Å². The molecule has 3 N–H and O–H groups in total. The van der Waals surface area contributed by atoms with E-state index in [2.05, 4.69) is 31.2 Å². The van der Waals surface area contributed by atoms with Crippen LogP contribution in [-0.2, 0) is 4.79 Å². The SMILES string of the molecule is CCCC(CCN)CCC(=O)NCC1(N(C)C)CCCC1. The van der Waals surface area contributed by atoms with E-state index >= 15 is 0 Å². The van der Waals surface area contributed by atoms with Crippen molar-refractivity contribution in [3.05, 3.63) is 0 Å². The Morgan fingerprint density at radius 1 is 1.24 bits per heavy atom. The van der Waals surface area contributed by atoms with Gasteiger partial charge < -0.3 is 16.0 Å². The lowest BCUT2D eigenvalue weighted by atomic mass is 9.93. The number of nitrogens with zero attached hydrogens (tertiary/aromatic N) is 1. The molecule has 1 saturated carbocycles. The number of amides is 1. The molecule has 1 amide bonds. The molecule has 0 radical (unpaired) electrons. The summed E-state index contributed by atoms with van der Waals surface area (Å²) < 4.78 is 0. The van der Waals surface area contributed by atoms with Crippen LogP contribution < -0.4 is 11.1 Å². The number of hydrogen-bond acceptors (Lipinski definition) is 3. The molecule has 4 heteroatoms. The summed E-state index contributed by atoms with van der Waals surface area (Å²) in [6.07, 6.45) is 10.00. The molecule has 0 aromatic heterocycles. The maximum atomic E-state index is 12.1. The highest BCUT2D eigenvalue weighted by atomic mass is 16.1. The summed E-state index contributed by atoms with van der Waals surface area (Å²) in [6, 6.07) is 0. The average Bonchev–Trinajstić information content (AvgIpc) is 2.93. The number of nitrogens with two attached hydrogens (primary N) is 1. The molecule has 1 aliphatic rings. The zero-order valence-electron chi connectivity index (χ0n) is 14.3. The maximum absolute atomic E-state index is 12.1. The molecule has 1 fully saturated rings. The third-order valence-electron chi connectivity index (χ3n) is 5.15. The average molecular weight is 297 g/mol. The molecule has 0 bridgehead atoms. The molecule has 0 saturated heterocycles. The molecule has 0 spiro atoms. The molecule has 1 aliphatic carbocycles. The van der Waals surface area contributed by atoms with Gasteiger partial charge in [-0.05, 0) is 52.2 Å². The Balaban J connectivity index is 2.32. The van der Waals surface area contributed by atoms with Crippen LogP contribution in [0, 0.1) is 5.92 Å². The summed E-state index contributed by atoms with van der Waals surface area (Å²) in [5.74, 6) is 0.821. The van der Waals surface area contributed by atoms with Crippen LogP contribution >= 0.6 is 0 Å². The first-order valence-corrected chi connectivity index (χ1v) is 8.68. The molecule has 0 aliphatic heterocycles. The Kier molecular flexibility index (Phi) is 8.27. The van der Waals surface area contributed by atoms with Gasteiger partial charge in [-0.2, -0.15) is 0 Å². The molecule has 124 valence electrons. The number of rotatable bonds is 10. The topological polar surface area (TPSA) is 58.4 Å². The monoisotopic (exact) mass is 297 g/mol. The fourth-order valence-electron chi connectivity index (χ4n) is 3.58. The molecule has 1 unspecified atom stereocenters. The minimum Gasteiger partial charge on any atom is -0.354 e. The van der Waals surface area contributed by atoms with E-state index < -0.39 is 0 Å². The van der Waals surface area contributed by atoms with E-state index in [-0.39, 0.29) is 11.4 Å². The summed E-state index contributed by atoms with van der Waals surface area (Å²) >= 11 is 0. The molecular weight excluding hydrogens is 262 g/mol. The Bertz CT molecular complexity index is 292. The van der Waals surface area contributed by atoms with Crippen LogP contribution in [0.3, 0.4) is 0 Å². The van der Waals surface area contributed by atoms with Crippen molar-refractivity contribution in [1.82, 2.24) is 10.2 Å². The van der Waals surface area contributed by atoms with E-state index in [1.807, 2.05) is 0 Å². The van der Waals surface area contributed by atoms with Gasteiger partial charge in [0.2, 0.25) is 5.91 Å². The predicted molar refractivity (Wildman–Crippen MR) is 89.2 cm³/mol. The van der Waals surface area contributed by atoms with Crippen molar-refractivity contribution >= 4 is 5.91 Å². The largest absolute Gasteiger partial charge is 0.354 e. The second-order valence-electron chi connectivity index (χ2n) is 6.87. The minimum absolute atomic E-state index is 0.190. The number of hydrogen-bond donors (Lipinski definition) is 2. The van der Waals surface area contributed by atoms with Gasteiger partial charge in [0, 0.05) is 18.5 Å². The van der Waals surface area contributed by atoms with Crippen LogP contribution in [0.25, 0.3) is 0 Å². The summed E-state index contributed by atoms with van der Waals surface area (Å²) in [7, 11) is 4.27. The van der Waals surface area contributed by atoms with Gasteiger partial charge in [0.25, 0.3) is 0 Å². The van der Waals surface area contributed by atoms with Gasteiger partial charge in [0.15, 0.2) is 0 Å². The lowest BCUT2D eigenvalue weighted by Gasteiger charge is -2.36. The maximum Gasteiger partial charge on any atom is 0.220 e. The highest BCUT2D eigenvalue weighted by Crippen LogP contribution is 2.33. The lowest BCUT2D eigenvalue weighted by Crippen LogP contribution is -2.50. The lowest BCUT2D eigenvalue weighted by molar-refractivity contribution is -0.122. The zero-order chi connectivity index (χ0) is 15.7. The van der Waals surface area contributed by atoms with Crippen LogP contribution in [0.1, 0.15) is 64.7 Å². The molecule has 0 aromatic rings. The summed E-state index contributed by atoms with van der Waals surface area (Å²) in [4.78, 5) is 14.4. The van der Waals surface area contributed by atoms with E-state index in [9.17, 15) is 4.79 Å². The Morgan fingerprint density at radius 2 is 1.90 bits per heavy atom. The van der Waals surface area contributed by atoms with Crippen LogP contribution in [0.4, 0.5) is 0 Å². The molecule has 4 nitrogen and oxygen atoms in total. The standard InChI is InChI=1S/C17H35N3O/c1-4-7-15(10-13-18)8-9-16(21)19-14-17(20(2)3)11-5-6-12-17/h15H,4-14,18H2,1-3H3,(H,19,21). The quantitative estimate of drug-likeness (QED) is 0.651. The fraction of sp³-hybridized carbons (Fsp3) is 0.941. The first kappa shape index (κ1) is 18.4. The van der Waals surface area contributed by atoms with Gasteiger partial charge in [0.1, 0.15) is 0 Å². The Hall–Kier alpha value is -0.610. The van der Waals surface area contributed by atoms with Gasteiger partial charge in [-0.1, -0.05) is 32.6 Å². The van der Waals surface area contributed by atoms with Crippen LogP contribution in [0.5, 0.6) is 0 Å². The second kappa shape index (κ2) is 9.42. The third kappa shape index (κ3) is 5.95. The van der Waals surface area contributed by atoms with Gasteiger partial charge in [-0.25, -0.2) is 0 Å². The normalized spacial score (nSPS) is 18.9. The van der Waals surface area contributed by atoms with Gasteiger partial charge in [-0.3, -0.25) is 4.79 Å². The van der Waals surface area contributed by atoms with Gasteiger partial charge in [0.05, 0.1) is 0 Å². The van der Waals surface area contributed by atoms with Gasteiger partial charge >= 0.3 is 0 Å². The predicted octanol–water partition coefficient (Wildman–Crippen LogP) is 2.52. The summed E-state index contributed by atoms with van der Waals surface area (Å²) in [5.41, 5.74) is 5.84. The van der Waals surface area contributed by atoms with Crippen molar-refractivity contribution < 1.29 is 4.79 Å².